The molecule has 2 aromatic heterocycles. The van der Waals surface area contributed by atoms with Crippen LogP contribution in [-0.2, 0) is 6.42 Å². The Labute approximate surface area is 127 Å². The van der Waals surface area contributed by atoms with E-state index in [0.29, 0.717) is 12.2 Å². The van der Waals surface area contributed by atoms with E-state index in [2.05, 4.69) is 11.9 Å². The molecule has 0 bridgehead atoms. The highest BCUT2D eigenvalue weighted by Crippen LogP contribution is 2.27. The van der Waals surface area contributed by atoms with E-state index >= 15 is 0 Å². The van der Waals surface area contributed by atoms with Crippen molar-refractivity contribution in [1.29, 1.82) is 0 Å². The maximum absolute atomic E-state index is 12.7. The standard InChI is InChI=1S/C17H17NO2S/c1-3-12-6-8-16(21-12)17(19)14-10-18-15-7-5-11(20-4-2)9-13(14)15/h5-10,18H,3-4H2,1-2H3. The van der Waals surface area contributed by atoms with Crippen LogP contribution in [0.25, 0.3) is 10.9 Å². The Bertz CT molecular complexity index is 785. The molecule has 0 spiro atoms. The van der Waals surface area contributed by atoms with Gasteiger partial charge in [0.05, 0.1) is 11.5 Å². The topological polar surface area (TPSA) is 42.1 Å². The summed E-state index contributed by atoms with van der Waals surface area (Å²) in [5.41, 5.74) is 1.66. The van der Waals surface area contributed by atoms with Gasteiger partial charge in [-0.1, -0.05) is 6.92 Å². The van der Waals surface area contributed by atoms with Gasteiger partial charge in [0, 0.05) is 27.5 Å². The predicted molar refractivity (Wildman–Crippen MR) is 86.6 cm³/mol. The number of thiophene rings is 1. The molecule has 108 valence electrons. The zero-order valence-corrected chi connectivity index (χ0v) is 12.9. The minimum atomic E-state index is 0.0691. The summed E-state index contributed by atoms with van der Waals surface area (Å²) in [5.74, 6) is 0.860. The smallest absolute Gasteiger partial charge is 0.205 e. The summed E-state index contributed by atoms with van der Waals surface area (Å²) < 4.78 is 5.52. The monoisotopic (exact) mass is 299 g/mol. The van der Waals surface area contributed by atoms with Crippen molar-refractivity contribution in [2.24, 2.45) is 0 Å². The van der Waals surface area contributed by atoms with E-state index in [0.717, 1.165) is 28.0 Å². The van der Waals surface area contributed by atoms with Crippen LogP contribution in [0.3, 0.4) is 0 Å². The second-order valence-corrected chi connectivity index (χ2v) is 5.96. The van der Waals surface area contributed by atoms with E-state index in [4.69, 9.17) is 4.74 Å². The number of hydrogen-bond donors (Lipinski definition) is 1. The van der Waals surface area contributed by atoms with E-state index < -0.39 is 0 Å². The van der Waals surface area contributed by atoms with Gasteiger partial charge in [-0.25, -0.2) is 0 Å². The van der Waals surface area contributed by atoms with Gasteiger partial charge in [0.25, 0.3) is 0 Å². The third-order valence-corrected chi connectivity index (χ3v) is 4.67. The van der Waals surface area contributed by atoms with Crippen molar-refractivity contribution >= 4 is 28.0 Å². The Balaban J connectivity index is 2.02. The summed E-state index contributed by atoms with van der Waals surface area (Å²) in [7, 11) is 0. The van der Waals surface area contributed by atoms with Gasteiger partial charge in [0.15, 0.2) is 0 Å². The number of aromatic amines is 1. The SMILES string of the molecule is CCOc1ccc2[nH]cc(C(=O)c3ccc(CC)s3)c2c1. The first-order chi connectivity index (χ1) is 10.2. The molecule has 1 N–H and O–H groups in total. The highest BCUT2D eigenvalue weighted by Gasteiger charge is 2.16. The number of aromatic nitrogens is 1. The molecule has 3 aromatic rings. The number of aryl methyl sites for hydroxylation is 1. The number of hydrogen-bond acceptors (Lipinski definition) is 3. The third kappa shape index (κ3) is 2.59. The summed E-state index contributed by atoms with van der Waals surface area (Å²) in [4.78, 5) is 17.8. The average molecular weight is 299 g/mol. The molecule has 0 atom stereocenters. The van der Waals surface area contributed by atoms with Crippen molar-refractivity contribution in [3.05, 3.63) is 51.8 Å². The van der Waals surface area contributed by atoms with Crippen LogP contribution in [0.5, 0.6) is 5.75 Å². The van der Waals surface area contributed by atoms with Crippen molar-refractivity contribution in [3.8, 4) is 5.75 Å². The number of carbonyl (C=O) groups excluding carboxylic acids is 1. The number of ketones is 1. The largest absolute Gasteiger partial charge is 0.494 e. The molecule has 3 rings (SSSR count). The first-order valence-corrected chi connectivity index (χ1v) is 7.92. The van der Waals surface area contributed by atoms with Crippen LogP contribution in [0.2, 0.25) is 0 Å². The number of nitrogens with one attached hydrogen (secondary N) is 1. The molecule has 0 saturated heterocycles. The molecule has 3 nitrogen and oxygen atoms in total. The molecule has 0 aliphatic heterocycles. The molecular weight excluding hydrogens is 282 g/mol. The Morgan fingerprint density at radius 1 is 1.24 bits per heavy atom. The molecule has 2 heterocycles. The predicted octanol–water partition coefficient (Wildman–Crippen LogP) is 4.42. The highest BCUT2D eigenvalue weighted by molar-refractivity contribution is 7.14. The summed E-state index contributed by atoms with van der Waals surface area (Å²) >= 11 is 1.57. The van der Waals surface area contributed by atoms with E-state index in [9.17, 15) is 4.79 Å². The fraction of sp³-hybridized carbons (Fsp3) is 0.235. The summed E-state index contributed by atoms with van der Waals surface area (Å²) in [6.07, 6.45) is 2.74. The number of ether oxygens (including phenoxy) is 1. The molecule has 0 radical (unpaired) electrons. The number of H-pyrrole nitrogens is 1. The van der Waals surface area contributed by atoms with Gasteiger partial charge < -0.3 is 9.72 Å². The van der Waals surface area contributed by atoms with Crippen LogP contribution < -0.4 is 4.74 Å². The lowest BCUT2D eigenvalue weighted by Crippen LogP contribution is -1.97. The summed E-state index contributed by atoms with van der Waals surface area (Å²) in [5, 5.41) is 0.914. The molecular formula is C17H17NO2S. The van der Waals surface area contributed by atoms with Gasteiger partial charge in [-0.3, -0.25) is 4.79 Å². The lowest BCUT2D eigenvalue weighted by Gasteiger charge is -2.03. The first-order valence-electron chi connectivity index (χ1n) is 7.10. The Morgan fingerprint density at radius 3 is 2.81 bits per heavy atom. The van der Waals surface area contributed by atoms with Gasteiger partial charge in [-0.05, 0) is 43.7 Å². The number of benzene rings is 1. The van der Waals surface area contributed by atoms with E-state index in [1.807, 2.05) is 37.3 Å². The fourth-order valence-corrected chi connectivity index (χ4v) is 3.27. The van der Waals surface area contributed by atoms with Gasteiger partial charge in [0.1, 0.15) is 5.75 Å². The van der Waals surface area contributed by atoms with Crippen LogP contribution in [0.4, 0.5) is 0 Å². The normalized spacial score (nSPS) is 11.0. The zero-order chi connectivity index (χ0) is 14.8. The van der Waals surface area contributed by atoms with E-state index in [-0.39, 0.29) is 5.78 Å². The molecule has 0 unspecified atom stereocenters. The Morgan fingerprint density at radius 2 is 2.10 bits per heavy atom. The first kappa shape index (κ1) is 13.9. The van der Waals surface area contributed by atoms with Crippen LogP contribution in [0.15, 0.2) is 36.5 Å². The fourth-order valence-electron chi connectivity index (χ4n) is 2.37. The third-order valence-electron chi connectivity index (χ3n) is 3.44. The minimum Gasteiger partial charge on any atom is -0.494 e. The van der Waals surface area contributed by atoms with Gasteiger partial charge in [-0.2, -0.15) is 0 Å². The zero-order valence-electron chi connectivity index (χ0n) is 12.1. The van der Waals surface area contributed by atoms with Crippen molar-refractivity contribution < 1.29 is 9.53 Å². The Kier molecular flexibility index (Phi) is 3.80. The molecule has 4 heteroatoms. The van der Waals surface area contributed by atoms with Gasteiger partial charge in [0.2, 0.25) is 5.78 Å². The average Bonchev–Trinajstić information content (AvgIpc) is 3.13. The molecule has 0 saturated carbocycles. The summed E-state index contributed by atoms with van der Waals surface area (Å²) in [6.45, 7) is 4.66. The lowest BCUT2D eigenvalue weighted by atomic mass is 10.1. The molecule has 0 amide bonds. The summed E-state index contributed by atoms with van der Waals surface area (Å²) in [6, 6.07) is 9.73. The van der Waals surface area contributed by atoms with Gasteiger partial charge >= 0.3 is 0 Å². The number of fused-ring (bicyclic) bond motifs is 1. The van der Waals surface area contributed by atoms with E-state index in [1.165, 1.54) is 4.88 Å². The van der Waals surface area contributed by atoms with Gasteiger partial charge in [-0.15, -0.1) is 11.3 Å². The van der Waals surface area contributed by atoms with Crippen LogP contribution >= 0.6 is 11.3 Å². The lowest BCUT2D eigenvalue weighted by molar-refractivity contribution is 0.104. The maximum Gasteiger partial charge on any atom is 0.205 e. The van der Waals surface area contributed by atoms with Crippen LogP contribution in [0.1, 0.15) is 34.0 Å². The van der Waals surface area contributed by atoms with Crippen molar-refractivity contribution in [2.45, 2.75) is 20.3 Å². The molecule has 0 fully saturated rings. The van der Waals surface area contributed by atoms with Crippen molar-refractivity contribution in [3.63, 3.8) is 0 Å². The van der Waals surface area contributed by atoms with Crippen molar-refractivity contribution in [1.82, 2.24) is 4.98 Å². The molecule has 1 aromatic carbocycles. The number of carbonyl (C=O) groups is 1. The second kappa shape index (κ2) is 5.74. The minimum absolute atomic E-state index is 0.0691. The maximum atomic E-state index is 12.7. The van der Waals surface area contributed by atoms with Crippen LogP contribution in [0, 0.1) is 0 Å². The van der Waals surface area contributed by atoms with Crippen molar-refractivity contribution in [2.75, 3.05) is 6.61 Å². The molecule has 0 aliphatic rings. The van der Waals surface area contributed by atoms with Crippen LogP contribution in [-0.4, -0.2) is 17.4 Å². The van der Waals surface area contributed by atoms with E-state index in [1.54, 1.807) is 17.5 Å². The second-order valence-electron chi connectivity index (χ2n) is 4.79. The quantitative estimate of drug-likeness (QED) is 0.708. The Hall–Kier alpha value is -2.07. The molecule has 21 heavy (non-hydrogen) atoms. The number of rotatable bonds is 5. The highest BCUT2D eigenvalue weighted by atomic mass is 32.1. The molecule has 0 aliphatic carbocycles.